The van der Waals surface area contributed by atoms with Crippen molar-refractivity contribution >= 4 is 29.3 Å². The van der Waals surface area contributed by atoms with Gasteiger partial charge in [-0.15, -0.1) is 0 Å². The molecule has 0 saturated carbocycles. The van der Waals surface area contributed by atoms with Crippen LogP contribution in [-0.2, 0) is 9.59 Å². The molecule has 6 nitrogen and oxygen atoms in total. The monoisotopic (exact) mass is 431 g/mol. The van der Waals surface area contributed by atoms with E-state index in [1.54, 1.807) is 12.1 Å². The van der Waals surface area contributed by atoms with Crippen LogP contribution in [0.4, 0.5) is 5.82 Å². The van der Waals surface area contributed by atoms with Crippen molar-refractivity contribution in [1.29, 1.82) is 5.26 Å². The summed E-state index contributed by atoms with van der Waals surface area (Å²) in [6.45, 7) is 1.95. The Bertz CT molecular complexity index is 1210. The Labute approximate surface area is 184 Å². The summed E-state index contributed by atoms with van der Waals surface area (Å²) >= 11 is 6.02. The third-order valence-corrected chi connectivity index (χ3v) is 5.60. The number of pyridine rings is 1. The minimum Gasteiger partial charge on any atom is -0.481 e. The second-order valence-corrected chi connectivity index (χ2v) is 7.92. The van der Waals surface area contributed by atoms with Gasteiger partial charge in [0.2, 0.25) is 5.91 Å². The molecule has 1 saturated heterocycles. The molecule has 0 bridgehead atoms. The number of nitriles is 1. The number of carbonyl (C=O) groups excluding carboxylic acids is 1. The molecule has 0 spiro atoms. The van der Waals surface area contributed by atoms with Gasteiger partial charge >= 0.3 is 5.97 Å². The Hall–Kier alpha value is -3.69. The second-order valence-electron chi connectivity index (χ2n) is 7.48. The molecule has 1 amide bonds. The smallest absolute Gasteiger partial charge is 0.308 e. The van der Waals surface area contributed by atoms with Crippen molar-refractivity contribution in [3.05, 3.63) is 70.7 Å². The van der Waals surface area contributed by atoms with Gasteiger partial charge in [-0.1, -0.05) is 53.6 Å². The van der Waals surface area contributed by atoms with Gasteiger partial charge in [0, 0.05) is 29.1 Å². The van der Waals surface area contributed by atoms with Gasteiger partial charge in [-0.25, -0.2) is 4.98 Å². The fourth-order valence-electron chi connectivity index (χ4n) is 3.64. The second kappa shape index (κ2) is 8.21. The standard InChI is InChI=1S/C24H18ClN3O3/c1-14-2-4-15(5-3-14)19-11-21(16-6-8-18(25)9-7-16)27-23(20(19)12-26)28-13-17(24(30)31)10-22(28)29/h2-9,11,17H,10,13H2,1H3,(H,30,31). The summed E-state index contributed by atoms with van der Waals surface area (Å²) in [4.78, 5) is 30.0. The topological polar surface area (TPSA) is 94.3 Å². The number of nitrogens with zero attached hydrogens (tertiary/aromatic N) is 3. The molecule has 1 fully saturated rings. The molecule has 3 aromatic rings. The fourth-order valence-corrected chi connectivity index (χ4v) is 3.77. The Balaban J connectivity index is 1.93. The molecule has 1 aliphatic heterocycles. The molecule has 2 aromatic carbocycles. The molecule has 1 atom stereocenters. The number of carboxylic acid groups (broad SMARTS) is 1. The minimum absolute atomic E-state index is 0.0206. The number of halogens is 1. The van der Waals surface area contributed by atoms with Crippen molar-refractivity contribution in [2.75, 3.05) is 11.4 Å². The van der Waals surface area contributed by atoms with Crippen molar-refractivity contribution in [2.24, 2.45) is 5.92 Å². The first-order valence-electron chi connectivity index (χ1n) is 9.68. The number of benzene rings is 2. The number of carboxylic acids is 1. The van der Waals surface area contributed by atoms with E-state index in [0.29, 0.717) is 16.3 Å². The molecule has 7 heteroatoms. The van der Waals surface area contributed by atoms with Crippen LogP contribution in [0.2, 0.25) is 5.02 Å². The molecule has 1 aliphatic rings. The number of carbonyl (C=O) groups is 2. The molecule has 31 heavy (non-hydrogen) atoms. The lowest BCUT2D eigenvalue weighted by molar-refractivity contribution is -0.141. The lowest BCUT2D eigenvalue weighted by Crippen LogP contribution is -2.28. The van der Waals surface area contributed by atoms with Crippen LogP contribution in [0.5, 0.6) is 0 Å². The minimum atomic E-state index is -1.04. The number of hydrogen-bond acceptors (Lipinski definition) is 4. The van der Waals surface area contributed by atoms with Gasteiger partial charge < -0.3 is 5.11 Å². The van der Waals surface area contributed by atoms with E-state index in [1.807, 2.05) is 49.4 Å². The van der Waals surface area contributed by atoms with E-state index in [4.69, 9.17) is 11.6 Å². The summed E-state index contributed by atoms with van der Waals surface area (Å²) in [6, 6.07) is 18.8. The number of aliphatic carboxylic acids is 1. The van der Waals surface area contributed by atoms with Crippen LogP contribution in [0.15, 0.2) is 54.6 Å². The molecule has 1 unspecified atom stereocenters. The van der Waals surface area contributed by atoms with Gasteiger partial charge in [0.25, 0.3) is 0 Å². The number of aryl methyl sites for hydroxylation is 1. The third-order valence-electron chi connectivity index (χ3n) is 5.34. The van der Waals surface area contributed by atoms with E-state index in [0.717, 1.165) is 16.7 Å². The van der Waals surface area contributed by atoms with Crippen LogP contribution < -0.4 is 4.90 Å². The summed E-state index contributed by atoms with van der Waals surface area (Å²) in [5.74, 6) is -2.05. The maximum absolute atomic E-state index is 12.6. The van der Waals surface area contributed by atoms with Crippen LogP contribution in [0.25, 0.3) is 22.4 Å². The Morgan fingerprint density at radius 2 is 1.81 bits per heavy atom. The Morgan fingerprint density at radius 3 is 2.39 bits per heavy atom. The van der Waals surface area contributed by atoms with Crippen molar-refractivity contribution in [3.63, 3.8) is 0 Å². The van der Waals surface area contributed by atoms with Gasteiger partial charge in [0.05, 0.1) is 11.6 Å². The van der Waals surface area contributed by atoms with Gasteiger partial charge in [-0.2, -0.15) is 5.26 Å². The molecule has 2 heterocycles. The first-order valence-corrected chi connectivity index (χ1v) is 10.1. The predicted molar refractivity (Wildman–Crippen MR) is 118 cm³/mol. The highest BCUT2D eigenvalue weighted by molar-refractivity contribution is 6.30. The highest BCUT2D eigenvalue weighted by atomic mass is 35.5. The summed E-state index contributed by atoms with van der Waals surface area (Å²) in [7, 11) is 0. The zero-order valence-corrected chi connectivity index (χ0v) is 17.4. The number of aromatic nitrogens is 1. The highest BCUT2D eigenvalue weighted by Crippen LogP contribution is 2.36. The quantitative estimate of drug-likeness (QED) is 0.646. The Morgan fingerprint density at radius 1 is 1.16 bits per heavy atom. The summed E-state index contributed by atoms with van der Waals surface area (Å²) in [5, 5.41) is 19.9. The SMILES string of the molecule is Cc1ccc(-c2cc(-c3ccc(Cl)cc3)nc(N3CC(C(=O)O)CC3=O)c2C#N)cc1. The summed E-state index contributed by atoms with van der Waals surface area (Å²) in [5.41, 5.74) is 4.08. The molecule has 1 aromatic heterocycles. The first kappa shape index (κ1) is 20.6. The van der Waals surface area contributed by atoms with Crippen LogP contribution >= 0.6 is 11.6 Å². The van der Waals surface area contributed by atoms with Crippen LogP contribution in [0.3, 0.4) is 0 Å². The molecule has 4 rings (SSSR count). The van der Waals surface area contributed by atoms with Crippen molar-refractivity contribution < 1.29 is 14.7 Å². The molecular formula is C24H18ClN3O3. The van der Waals surface area contributed by atoms with Crippen molar-refractivity contribution in [1.82, 2.24) is 4.98 Å². The lowest BCUT2D eigenvalue weighted by Gasteiger charge is -2.20. The summed E-state index contributed by atoms with van der Waals surface area (Å²) in [6.07, 6.45) is -0.118. The first-order chi connectivity index (χ1) is 14.9. The van der Waals surface area contributed by atoms with E-state index in [1.165, 1.54) is 4.90 Å². The molecule has 154 valence electrons. The van der Waals surface area contributed by atoms with Crippen molar-refractivity contribution in [2.45, 2.75) is 13.3 Å². The van der Waals surface area contributed by atoms with Crippen LogP contribution in [0, 0.1) is 24.2 Å². The van der Waals surface area contributed by atoms with Gasteiger partial charge in [0.15, 0.2) is 5.82 Å². The number of hydrogen-bond donors (Lipinski definition) is 1. The maximum atomic E-state index is 12.6. The number of rotatable bonds is 4. The highest BCUT2D eigenvalue weighted by Gasteiger charge is 2.37. The zero-order valence-electron chi connectivity index (χ0n) is 16.7. The average molecular weight is 432 g/mol. The van der Waals surface area contributed by atoms with E-state index in [9.17, 15) is 20.0 Å². The number of amides is 1. The fraction of sp³-hybridized carbons (Fsp3) is 0.167. The van der Waals surface area contributed by atoms with Gasteiger partial charge in [-0.3, -0.25) is 14.5 Å². The maximum Gasteiger partial charge on any atom is 0.308 e. The predicted octanol–water partition coefficient (Wildman–Crippen LogP) is 4.69. The molecule has 0 aliphatic carbocycles. The van der Waals surface area contributed by atoms with E-state index < -0.39 is 11.9 Å². The van der Waals surface area contributed by atoms with Crippen LogP contribution in [0.1, 0.15) is 17.5 Å². The molecular weight excluding hydrogens is 414 g/mol. The van der Waals surface area contributed by atoms with E-state index >= 15 is 0 Å². The van der Waals surface area contributed by atoms with E-state index in [-0.39, 0.29) is 30.3 Å². The molecule has 0 radical (unpaired) electrons. The van der Waals surface area contributed by atoms with Crippen molar-refractivity contribution in [3.8, 4) is 28.5 Å². The van der Waals surface area contributed by atoms with E-state index in [2.05, 4.69) is 11.1 Å². The normalized spacial score (nSPS) is 15.7. The zero-order chi connectivity index (χ0) is 22.1. The lowest BCUT2D eigenvalue weighted by atomic mass is 9.97. The Kier molecular flexibility index (Phi) is 5.45. The van der Waals surface area contributed by atoms with Gasteiger partial charge in [-0.05, 0) is 30.7 Å². The van der Waals surface area contributed by atoms with Gasteiger partial charge in [0.1, 0.15) is 11.6 Å². The van der Waals surface area contributed by atoms with Crippen LogP contribution in [-0.4, -0.2) is 28.5 Å². The summed E-state index contributed by atoms with van der Waals surface area (Å²) < 4.78 is 0. The largest absolute Gasteiger partial charge is 0.481 e. The third kappa shape index (κ3) is 4.00. The molecule has 1 N–H and O–H groups in total. The number of anilines is 1. The average Bonchev–Trinajstić information content (AvgIpc) is 3.16.